The lowest BCUT2D eigenvalue weighted by atomic mass is 10.3. The van der Waals surface area contributed by atoms with Crippen molar-refractivity contribution < 1.29 is 15.0 Å². The van der Waals surface area contributed by atoms with Gasteiger partial charge >= 0.3 is 5.97 Å². The van der Waals surface area contributed by atoms with Crippen LogP contribution in [0.3, 0.4) is 0 Å². The van der Waals surface area contributed by atoms with Crippen LogP contribution in [0.5, 0.6) is 0 Å². The molecule has 1 aliphatic heterocycles. The number of carbonyl (C=O) groups is 1. The maximum absolute atomic E-state index is 9.65. The summed E-state index contributed by atoms with van der Waals surface area (Å²) in [6.07, 6.45) is 4.63. The van der Waals surface area contributed by atoms with Gasteiger partial charge in [0.2, 0.25) is 0 Å². The van der Waals surface area contributed by atoms with E-state index in [1.54, 1.807) is 0 Å². The number of aliphatic hydroxyl groups is 1. The first-order valence-electron chi connectivity index (χ1n) is 4.57. The Hall–Kier alpha value is -1.07. The number of hydrogen-bond donors (Lipinski definition) is 3. The Morgan fingerprint density at radius 2 is 2.07 bits per heavy atom. The number of carboxylic acid groups (broad SMARTS) is 1. The van der Waals surface area contributed by atoms with E-state index in [1.807, 2.05) is 6.20 Å². The Balaban J connectivity index is 0.000000241. The number of rotatable bonds is 3. The van der Waals surface area contributed by atoms with Crippen LogP contribution >= 0.6 is 0 Å². The summed E-state index contributed by atoms with van der Waals surface area (Å²) in [5, 5.41) is 15.9. The van der Waals surface area contributed by atoms with Crippen molar-refractivity contribution in [1.82, 2.24) is 4.90 Å². The van der Waals surface area contributed by atoms with Crippen molar-refractivity contribution >= 4 is 5.97 Å². The Morgan fingerprint density at radius 1 is 1.57 bits per heavy atom. The van der Waals surface area contributed by atoms with Crippen molar-refractivity contribution in [3.05, 3.63) is 12.8 Å². The van der Waals surface area contributed by atoms with E-state index in [9.17, 15) is 4.79 Å². The second-order valence-corrected chi connectivity index (χ2v) is 3.05. The van der Waals surface area contributed by atoms with Gasteiger partial charge in [0.15, 0.2) is 0 Å². The highest BCUT2D eigenvalue weighted by Crippen LogP contribution is 2.05. The Kier molecular flexibility index (Phi) is 6.78. The minimum absolute atomic E-state index is 0.505. The molecule has 1 saturated heterocycles. The minimum Gasteiger partial charge on any atom is -0.480 e. The fourth-order valence-electron chi connectivity index (χ4n) is 1.00. The smallest absolute Gasteiger partial charge is 0.322 e. The largest absolute Gasteiger partial charge is 0.480 e. The molecular formula is C9H18N2O3. The molecule has 1 heterocycles. The molecule has 1 fully saturated rings. The predicted octanol–water partition coefficient (Wildman–Crippen LogP) is -0.384. The summed E-state index contributed by atoms with van der Waals surface area (Å²) in [6, 6.07) is -1.13. The molecule has 14 heavy (non-hydrogen) atoms. The van der Waals surface area contributed by atoms with Crippen molar-refractivity contribution in [3.63, 3.8) is 0 Å². The van der Waals surface area contributed by atoms with Crippen LogP contribution < -0.4 is 5.73 Å². The van der Waals surface area contributed by atoms with E-state index < -0.39 is 18.6 Å². The summed E-state index contributed by atoms with van der Waals surface area (Å²) in [4.78, 5) is 11.9. The number of hydrogen-bond acceptors (Lipinski definition) is 4. The van der Waals surface area contributed by atoms with Crippen LogP contribution in [0.25, 0.3) is 0 Å². The SMILES string of the molecule is C=CN1CCCC1.N[C@@H](CO)C(=O)O. The number of nitrogens with zero attached hydrogens (tertiary/aromatic N) is 1. The van der Waals surface area contributed by atoms with Crippen LogP contribution in [0, 0.1) is 0 Å². The van der Waals surface area contributed by atoms with Crippen molar-refractivity contribution in [2.24, 2.45) is 5.73 Å². The molecule has 0 amide bonds. The highest BCUT2D eigenvalue weighted by Gasteiger charge is 2.07. The topological polar surface area (TPSA) is 86.8 Å². The maximum Gasteiger partial charge on any atom is 0.322 e. The van der Waals surface area contributed by atoms with Crippen LogP contribution in [-0.2, 0) is 4.79 Å². The van der Waals surface area contributed by atoms with Gasteiger partial charge < -0.3 is 20.8 Å². The van der Waals surface area contributed by atoms with Gasteiger partial charge in [-0.25, -0.2) is 0 Å². The zero-order valence-electron chi connectivity index (χ0n) is 8.22. The van der Waals surface area contributed by atoms with Crippen LogP contribution in [0.4, 0.5) is 0 Å². The molecule has 82 valence electrons. The monoisotopic (exact) mass is 202 g/mol. The van der Waals surface area contributed by atoms with E-state index in [0.29, 0.717) is 0 Å². The van der Waals surface area contributed by atoms with Crippen molar-refractivity contribution in [1.29, 1.82) is 0 Å². The first-order chi connectivity index (χ1) is 6.61. The molecule has 0 bridgehead atoms. The number of aliphatic carboxylic acids is 1. The summed E-state index contributed by atoms with van der Waals surface area (Å²) in [6.45, 7) is 5.62. The van der Waals surface area contributed by atoms with E-state index in [4.69, 9.17) is 15.9 Å². The van der Waals surface area contributed by atoms with Gasteiger partial charge in [0.05, 0.1) is 6.61 Å². The maximum atomic E-state index is 9.65. The van der Waals surface area contributed by atoms with E-state index >= 15 is 0 Å². The van der Waals surface area contributed by atoms with E-state index in [0.717, 1.165) is 0 Å². The molecule has 5 heteroatoms. The second-order valence-electron chi connectivity index (χ2n) is 3.05. The van der Waals surface area contributed by atoms with Crippen molar-refractivity contribution in [2.45, 2.75) is 18.9 Å². The summed E-state index contributed by atoms with van der Waals surface area (Å²) >= 11 is 0. The molecule has 0 unspecified atom stereocenters. The lowest BCUT2D eigenvalue weighted by molar-refractivity contribution is -0.139. The Morgan fingerprint density at radius 3 is 2.21 bits per heavy atom. The first kappa shape index (κ1) is 12.9. The fraction of sp³-hybridized carbons (Fsp3) is 0.667. The quantitative estimate of drug-likeness (QED) is 0.580. The number of aliphatic hydroxyl groups excluding tert-OH is 1. The van der Waals surface area contributed by atoms with E-state index in [1.165, 1.54) is 25.9 Å². The molecule has 0 aromatic heterocycles. The fourth-order valence-corrected chi connectivity index (χ4v) is 1.00. The van der Waals surface area contributed by atoms with Crippen LogP contribution in [0.2, 0.25) is 0 Å². The highest BCUT2D eigenvalue weighted by atomic mass is 16.4. The van der Waals surface area contributed by atoms with Crippen LogP contribution in [0.1, 0.15) is 12.8 Å². The summed E-state index contributed by atoms with van der Waals surface area (Å²) in [5.74, 6) is -1.18. The van der Waals surface area contributed by atoms with Gasteiger partial charge in [-0.2, -0.15) is 0 Å². The normalized spacial score (nSPS) is 16.9. The third-order valence-corrected chi connectivity index (χ3v) is 1.91. The molecule has 0 aromatic carbocycles. The predicted molar refractivity (Wildman–Crippen MR) is 53.7 cm³/mol. The summed E-state index contributed by atoms with van der Waals surface area (Å²) in [5.41, 5.74) is 4.77. The highest BCUT2D eigenvalue weighted by molar-refractivity contribution is 5.73. The zero-order chi connectivity index (χ0) is 11.0. The van der Waals surface area contributed by atoms with Crippen molar-refractivity contribution in [3.8, 4) is 0 Å². The van der Waals surface area contributed by atoms with Gasteiger partial charge in [0, 0.05) is 13.1 Å². The average Bonchev–Trinajstić information content (AvgIpc) is 2.69. The average molecular weight is 202 g/mol. The number of nitrogens with two attached hydrogens (primary N) is 1. The van der Waals surface area contributed by atoms with E-state index in [2.05, 4.69) is 11.5 Å². The molecule has 5 nitrogen and oxygen atoms in total. The number of carboxylic acids is 1. The van der Waals surface area contributed by atoms with Gasteiger partial charge in [-0.15, -0.1) is 0 Å². The zero-order valence-corrected chi connectivity index (χ0v) is 8.22. The first-order valence-corrected chi connectivity index (χ1v) is 4.57. The molecule has 1 atom stereocenters. The van der Waals surface area contributed by atoms with Crippen LogP contribution in [-0.4, -0.2) is 46.8 Å². The van der Waals surface area contributed by atoms with Gasteiger partial charge in [-0.05, 0) is 19.0 Å². The molecule has 4 N–H and O–H groups in total. The molecule has 0 saturated carbocycles. The Bertz CT molecular complexity index is 179. The number of likely N-dealkylation sites (tertiary alicyclic amines) is 1. The molecular weight excluding hydrogens is 184 g/mol. The molecule has 0 aliphatic carbocycles. The van der Waals surface area contributed by atoms with Gasteiger partial charge in [0.1, 0.15) is 6.04 Å². The minimum atomic E-state index is -1.18. The third kappa shape index (κ3) is 5.55. The van der Waals surface area contributed by atoms with Gasteiger partial charge in [-0.3, -0.25) is 4.79 Å². The molecule has 0 spiro atoms. The summed E-state index contributed by atoms with van der Waals surface area (Å²) < 4.78 is 0. The lowest BCUT2D eigenvalue weighted by Crippen LogP contribution is -2.33. The molecule has 1 rings (SSSR count). The van der Waals surface area contributed by atoms with Crippen molar-refractivity contribution in [2.75, 3.05) is 19.7 Å². The van der Waals surface area contributed by atoms with E-state index in [-0.39, 0.29) is 0 Å². The van der Waals surface area contributed by atoms with Gasteiger partial charge in [0.25, 0.3) is 0 Å². The Labute approximate surface area is 83.8 Å². The lowest BCUT2D eigenvalue weighted by Gasteiger charge is -2.07. The molecule has 1 aliphatic rings. The summed E-state index contributed by atoms with van der Waals surface area (Å²) in [7, 11) is 0. The molecule has 0 aromatic rings. The second kappa shape index (κ2) is 7.34. The molecule has 0 radical (unpaired) electrons. The van der Waals surface area contributed by atoms with Crippen LogP contribution in [0.15, 0.2) is 12.8 Å². The standard InChI is InChI=1S/C6H11N.C3H7NO3/c1-2-7-5-3-4-6-7;4-2(1-5)3(6)7/h2H,1,3-6H2;2,5H,1,4H2,(H,6,7)/t;2-/m.0/s1. The third-order valence-electron chi connectivity index (χ3n) is 1.91. The van der Waals surface area contributed by atoms with Gasteiger partial charge in [-0.1, -0.05) is 6.58 Å².